The zero-order valence-corrected chi connectivity index (χ0v) is 30.0. The Morgan fingerprint density at radius 2 is 1.64 bits per heavy atom. The molecule has 0 saturated carbocycles. The van der Waals surface area contributed by atoms with Crippen LogP contribution in [0.15, 0.2) is 70.8 Å². The van der Waals surface area contributed by atoms with Gasteiger partial charge in [-0.1, -0.05) is 111 Å². The summed E-state index contributed by atoms with van der Waals surface area (Å²) in [5.74, 6) is 0.739. The summed E-state index contributed by atoms with van der Waals surface area (Å²) in [5, 5.41) is 13.1. The number of nitrogens with zero attached hydrogens (tertiary/aromatic N) is 1. The van der Waals surface area contributed by atoms with E-state index in [9.17, 15) is 9.90 Å². The van der Waals surface area contributed by atoms with Crippen LogP contribution in [0.1, 0.15) is 85.9 Å². The molecule has 0 spiro atoms. The smallest absolute Gasteiger partial charge is 0.164 e. The van der Waals surface area contributed by atoms with E-state index < -0.39 is 5.41 Å². The Bertz CT molecular complexity index is 1890. The van der Waals surface area contributed by atoms with Crippen LogP contribution >= 0.6 is 0 Å². The summed E-state index contributed by atoms with van der Waals surface area (Å²) < 4.78 is 6.21. The number of aromatic nitrogens is 1. The number of furan rings is 1. The van der Waals surface area contributed by atoms with Gasteiger partial charge in [-0.15, -0.1) is 17.7 Å². The van der Waals surface area contributed by atoms with Crippen molar-refractivity contribution >= 4 is 38.6 Å². The third-order valence-corrected chi connectivity index (χ3v) is 8.34. The van der Waals surface area contributed by atoms with Gasteiger partial charge in [-0.05, 0) is 58.1 Å². The predicted octanol–water partition coefficient (Wildman–Crippen LogP) is 10.5. The van der Waals surface area contributed by atoms with E-state index in [1.54, 1.807) is 0 Å². The zero-order valence-electron chi connectivity index (χ0n) is 27.6. The first-order valence-electron chi connectivity index (χ1n) is 15.2. The van der Waals surface area contributed by atoms with E-state index in [2.05, 4.69) is 76.2 Å². The maximum Gasteiger partial charge on any atom is 0.164 e. The number of carbonyl (C=O) groups is 1. The van der Waals surface area contributed by atoms with Crippen molar-refractivity contribution in [2.75, 3.05) is 0 Å². The van der Waals surface area contributed by atoms with E-state index in [1.165, 1.54) is 33.5 Å². The Kier molecular flexibility index (Phi) is 9.10. The third-order valence-electron chi connectivity index (χ3n) is 8.34. The molecule has 1 aliphatic rings. The first-order valence-corrected chi connectivity index (χ1v) is 15.2. The van der Waals surface area contributed by atoms with E-state index in [-0.39, 0.29) is 42.5 Å². The van der Waals surface area contributed by atoms with Crippen LogP contribution < -0.4 is 0 Å². The first kappa shape index (κ1) is 33.6. The topological polar surface area (TPSA) is 63.3 Å². The largest absolute Gasteiger partial charge is 0.512 e. The number of aliphatic hydroxyl groups excluding tert-OH is 1. The predicted molar refractivity (Wildman–Crippen MR) is 179 cm³/mol. The molecule has 44 heavy (non-hydrogen) atoms. The van der Waals surface area contributed by atoms with E-state index >= 15 is 0 Å². The monoisotopic (exact) mass is 767 g/mol. The molecule has 6 rings (SSSR count). The number of hydrogen-bond donors (Lipinski definition) is 1. The van der Waals surface area contributed by atoms with Gasteiger partial charge in [-0.2, -0.15) is 0 Å². The number of hydrogen-bond acceptors (Lipinski definition) is 4. The van der Waals surface area contributed by atoms with E-state index in [0.717, 1.165) is 39.7 Å². The fraction of sp³-hybridized carbons (Fsp3) is 0.385. The molecule has 0 amide bonds. The van der Waals surface area contributed by atoms with Crippen LogP contribution in [-0.2, 0) is 36.7 Å². The molecule has 2 aromatic heterocycles. The van der Waals surface area contributed by atoms with Crippen molar-refractivity contribution < 1.29 is 34.4 Å². The molecule has 233 valence electrons. The Balaban J connectivity index is 0.000000271. The van der Waals surface area contributed by atoms with Crippen molar-refractivity contribution in [3.63, 3.8) is 0 Å². The van der Waals surface area contributed by atoms with Crippen molar-refractivity contribution in [2.24, 2.45) is 16.7 Å². The Morgan fingerprint density at radius 3 is 2.27 bits per heavy atom. The van der Waals surface area contributed by atoms with Crippen LogP contribution in [0.25, 0.3) is 44.1 Å². The molecule has 1 aliphatic carbocycles. The molecule has 1 radical (unpaired) electrons. The summed E-state index contributed by atoms with van der Waals surface area (Å²) in [6, 6.07) is 22.9. The quantitative estimate of drug-likeness (QED) is 0.113. The number of fused-ring (bicyclic) bond motifs is 3. The van der Waals surface area contributed by atoms with Crippen LogP contribution in [0.5, 0.6) is 0 Å². The molecular formula is C39H44IrNO3-. The molecular weight excluding hydrogens is 723 g/mol. The number of carbonyl (C=O) groups excluding carboxylic acids is 1. The molecule has 0 unspecified atom stereocenters. The molecule has 4 nitrogen and oxygen atoms in total. The van der Waals surface area contributed by atoms with Gasteiger partial charge in [-0.25, -0.2) is 0 Å². The molecule has 0 atom stereocenters. The molecule has 3 aromatic carbocycles. The zero-order chi connectivity index (χ0) is 31.5. The molecule has 0 bridgehead atoms. The fourth-order valence-corrected chi connectivity index (χ4v) is 5.71. The fourth-order valence-electron chi connectivity index (χ4n) is 5.71. The standard InChI is InChI=1S/C28H24NO.C11H20O2.Ir/c1-16(2)13-17-11-12-22-18(14-17)15-21-27(29-22)19-7-5-9-23-25(19)26-20(28(21,3)4)8-6-10-24(26)30-23;1-10(2,3)8(12)7-9(13)11(4,5)6;/h5-6,8-12,14-16H,13H2,1-4H3;7,12H,1-6H3;/q-1;;/b;8-7-;. The minimum absolute atomic E-state index is 0. The normalized spacial score (nSPS) is 14.3. The minimum Gasteiger partial charge on any atom is -0.512 e. The van der Waals surface area contributed by atoms with Gasteiger partial charge in [0.1, 0.15) is 11.3 Å². The van der Waals surface area contributed by atoms with Crippen molar-refractivity contribution in [1.29, 1.82) is 0 Å². The first-order chi connectivity index (χ1) is 20.0. The van der Waals surface area contributed by atoms with Gasteiger partial charge in [0, 0.05) is 42.4 Å². The average Bonchev–Trinajstić information content (AvgIpc) is 3.27. The Morgan fingerprint density at radius 1 is 0.955 bits per heavy atom. The average molecular weight is 767 g/mol. The third kappa shape index (κ3) is 6.28. The second-order valence-corrected chi connectivity index (χ2v) is 14.9. The summed E-state index contributed by atoms with van der Waals surface area (Å²) in [7, 11) is 0. The Hall–Kier alpha value is -3.27. The molecule has 5 heteroatoms. The summed E-state index contributed by atoms with van der Waals surface area (Å²) in [5.41, 5.74) is 7.90. The number of rotatable bonds is 3. The SMILES string of the molecule is CC(C)(C)C(=O)/C=C(\O)C(C)(C)C.CC(C)Cc1ccc2nc3c(cc2c1)C(C)(C)c1cccc2oc4cc[c-]c-3c4c12.[Ir]. The number of aliphatic hydroxyl groups is 1. The van der Waals surface area contributed by atoms with Crippen molar-refractivity contribution in [2.45, 2.75) is 81.1 Å². The number of allylic oxidation sites excluding steroid dienone is 2. The maximum absolute atomic E-state index is 11.5. The molecule has 0 fully saturated rings. The van der Waals surface area contributed by atoms with Gasteiger partial charge in [0.25, 0.3) is 0 Å². The van der Waals surface area contributed by atoms with Gasteiger partial charge >= 0.3 is 0 Å². The molecule has 2 heterocycles. The van der Waals surface area contributed by atoms with Gasteiger partial charge in [-0.3, -0.25) is 9.78 Å². The van der Waals surface area contributed by atoms with Crippen molar-refractivity contribution in [1.82, 2.24) is 4.98 Å². The van der Waals surface area contributed by atoms with Gasteiger partial charge in [0.2, 0.25) is 0 Å². The summed E-state index contributed by atoms with van der Waals surface area (Å²) in [4.78, 5) is 16.7. The van der Waals surface area contributed by atoms with Crippen LogP contribution in [0.2, 0.25) is 0 Å². The van der Waals surface area contributed by atoms with E-state index in [4.69, 9.17) is 9.40 Å². The second kappa shape index (κ2) is 11.9. The number of benzene rings is 3. The molecule has 0 saturated heterocycles. The summed E-state index contributed by atoms with van der Waals surface area (Å²) in [6.07, 6.45) is 2.42. The minimum atomic E-state index is -0.417. The van der Waals surface area contributed by atoms with Crippen LogP contribution in [-0.4, -0.2) is 15.9 Å². The second-order valence-electron chi connectivity index (χ2n) is 14.9. The van der Waals surface area contributed by atoms with Crippen molar-refractivity contribution in [3.8, 4) is 11.3 Å². The van der Waals surface area contributed by atoms with E-state index in [1.807, 2.05) is 53.7 Å². The maximum atomic E-state index is 11.5. The Labute approximate surface area is 275 Å². The van der Waals surface area contributed by atoms with Gasteiger partial charge in [0.05, 0.1) is 11.1 Å². The van der Waals surface area contributed by atoms with Crippen LogP contribution in [0.4, 0.5) is 0 Å². The summed E-state index contributed by atoms with van der Waals surface area (Å²) in [6.45, 7) is 20.3. The molecule has 0 aliphatic heterocycles. The summed E-state index contributed by atoms with van der Waals surface area (Å²) >= 11 is 0. The molecule has 1 N–H and O–H groups in total. The van der Waals surface area contributed by atoms with Crippen LogP contribution in [0, 0.1) is 22.8 Å². The van der Waals surface area contributed by atoms with Crippen LogP contribution in [0.3, 0.4) is 0 Å². The van der Waals surface area contributed by atoms with E-state index in [0.29, 0.717) is 5.92 Å². The molecule has 5 aromatic rings. The number of ketones is 1. The van der Waals surface area contributed by atoms with Gasteiger partial charge < -0.3 is 9.52 Å². The van der Waals surface area contributed by atoms with Gasteiger partial charge in [0.15, 0.2) is 5.78 Å². The number of pyridine rings is 1. The van der Waals surface area contributed by atoms with Crippen molar-refractivity contribution in [3.05, 3.63) is 89.2 Å².